The summed E-state index contributed by atoms with van der Waals surface area (Å²) in [4.78, 5) is 11.8. The number of hydrogen-bond donors (Lipinski definition) is 3. The SMILES string of the molecule is COc1cccc(C(O)CNC(=O)[C@@H]2CCCN2)c1.Cl. The van der Waals surface area contributed by atoms with Crippen molar-refractivity contribution in [2.45, 2.75) is 25.0 Å². The standard InChI is InChI=1S/C14H20N2O3.ClH/c1-19-11-5-2-4-10(8-11)13(17)9-16-14(18)12-6-3-7-15-12;/h2,4-5,8,12-13,15,17H,3,6-7,9H2,1H3,(H,16,18);1H/t12-,13?;/m0./s1. The molecule has 0 saturated carbocycles. The minimum atomic E-state index is -0.722. The molecule has 1 aliphatic heterocycles. The summed E-state index contributed by atoms with van der Waals surface area (Å²) in [6.07, 6.45) is 1.16. The van der Waals surface area contributed by atoms with Crippen molar-refractivity contribution in [1.29, 1.82) is 0 Å². The van der Waals surface area contributed by atoms with E-state index in [4.69, 9.17) is 4.74 Å². The van der Waals surface area contributed by atoms with Gasteiger partial charge in [-0.05, 0) is 37.1 Å². The zero-order valence-electron chi connectivity index (χ0n) is 11.5. The number of aliphatic hydroxyl groups excluding tert-OH is 1. The fourth-order valence-corrected chi connectivity index (χ4v) is 2.20. The molecule has 0 aromatic heterocycles. The van der Waals surface area contributed by atoms with Gasteiger partial charge in [0.05, 0.1) is 19.3 Å². The molecule has 1 aliphatic rings. The first-order valence-corrected chi connectivity index (χ1v) is 6.54. The quantitative estimate of drug-likeness (QED) is 0.759. The van der Waals surface area contributed by atoms with E-state index in [-0.39, 0.29) is 30.9 Å². The van der Waals surface area contributed by atoms with Crippen LogP contribution in [0.15, 0.2) is 24.3 Å². The predicted molar refractivity (Wildman–Crippen MR) is 79.2 cm³/mol. The van der Waals surface area contributed by atoms with Crippen LogP contribution in [0, 0.1) is 0 Å². The topological polar surface area (TPSA) is 70.6 Å². The van der Waals surface area contributed by atoms with Crippen LogP contribution in [0.2, 0.25) is 0 Å². The van der Waals surface area contributed by atoms with Gasteiger partial charge < -0.3 is 20.5 Å². The highest BCUT2D eigenvalue weighted by Gasteiger charge is 2.22. The number of ether oxygens (including phenoxy) is 1. The third-order valence-corrected chi connectivity index (χ3v) is 3.33. The fourth-order valence-electron chi connectivity index (χ4n) is 2.20. The van der Waals surface area contributed by atoms with Gasteiger partial charge >= 0.3 is 0 Å². The Bertz CT molecular complexity index is 436. The first kappa shape index (κ1) is 16.8. The molecule has 1 aromatic rings. The van der Waals surface area contributed by atoms with Gasteiger partial charge in [0.2, 0.25) is 5.91 Å². The van der Waals surface area contributed by atoms with E-state index in [2.05, 4.69) is 10.6 Å². The van der Waals surface area contributed by atoms with Gasteiger partial charge in [-0.15, -0.1) is 12.4 Å². The number of halogens is 1. The van der Waals surface area contributed by atoms with Crippen LogP contribution in [0.4, 0.5) is 0 Å². The highest BCUT2D eigenvalue weighted by molar-refractivity contribution is 5.85. The van der Waals surface area contributed by atoms with E-state index in [9.17, 15) is 9.90 Å². The summed E-state index contributed by atoms with van der Waals surface area (Å²) in [6.45, 7) is 1.10. The first-order chi connectivity index (χ1) is 9.20. The van der Waals surface area contributed by atoms with Crippen LogP contribution >= 0.6 is 12.4 Å². The number of rotatable bonds is 5. The van der Waals surface area contributed by atoms with Crippen molar-refractivity contribution < 1.29 is 14.6 Å². The van der Waals surface area contributed by atoms with Crippen LogP contribution in [0.5, 0.6) is 5.75 Å². The van der Waals surface area contributed by atoms with Crippen molar-refractivity contribution in [2.24, 2.45) is 0 Å². The molecule has 1 fully saturated rings. The van der Waals surface area contributed by atoms with Crippen molar-refractivity contribution in [3.8, 4) is 5.75 Å². The van der Waals surface area contributed by atoms with Crippen LogP contribution in [0.1, 0.15) is 24.5 Å². The molecule has 1 saturated heterocycles. The van der Waals surface area contributed by atoms with Crippen molar-refractivity contribution in [3.05, 3.63) is 29.8 Å². The van der Waals surface area contributed by atoms with Gasteiger partial charge in [-0.25, -0.2) is 0 Å². The number of carbonyl (C=O) groups excluding carboxylic acids is 1. The van der Waals surface area contributed by atoms with Gasteiger partial charge in [-0.2, -0.15) is 0 Å². The van der Waals surface area contributed by atoms with Gasteiger partial charge in [0, 0.05) is 6.54 Å². The number of methoxy groups -OCH3 is 1. The lowest BCUT2D eigenvalue weighted by molar-refractivity contribution is -0.123. The molecule has 1 unspecified atom stereocenters. The summed E-state index contributed by atoms with van der Waals surface area (Å²) in [6, 6.07) is 7.10. The zero-order chi connectivity index (χ0) is 13.7. The Morgan fingerprint density at radius 2 is 2.40 bits per heavy atom. The van der Waals surface area contributed by atoms with Crippen molar-refractivity contribution in [2.75, 3.05) is 20.2 Å². The average Bonchev–Trinajstić information content (AvgIpc) is 2.98. The monoisotopic (exact) mass is 300 g/mol. The van der Waals surface area contributed by atoms with Gasteiger partial charge in [-0.1, -0.05) is 12.1 Å². The second-order valence-electron chi connectivity index (χ2n) is 4.69. The largest absolute Gasteiger partial charge is 0.497 e. The minimum absolute atomic E-state index is 0. The molecule has 5 nitrogen and oxygen atoms in total. The fraction of sp³-hybridized carbons (Fsp3) is 0.500. The van der Waals surface area contributed by atoms with Crippen LogP contribution < -0.4 is 15.4 Å². The molecule has 0 aliphatic carbocycles. The molecule has 3 N–H and O–H groups in total. The summed E-state index contributed by atoms with van der Waals surface area (Å²) >= 11 is 0. The summed E-state index contributed by atoms with van der Waals surface area (Å²) < 4.78 is 5.10. The lowest BCUT2D eigenvalue weighted by Crippen LogP contribution is -2.41. The second-order valence-corrected chi connectivity index (χ2v) is 4.69. The maximum atomic E-state index is 11.8. The third-order valence-electron chi connectivity index (χ3n) is 3.33. The molecule has 0 bridgehead atoms. The van der Waals surface area contributed by atoms with Crippen molar-refractivity contribution in [1.82, 2.24) is 10.6 Å². The number of nitrogens with one attached hydrogen (secondary N) is 2. The van der Waals surface area contributed by atoms with Crippen LogP contribution in [-0.2, 0) is 4.79 Å². The first-order valence-electron chi connectivity index (χ1n) is 6.54. The number of hydrogen-bond acceptors (Lipinski definition) is 4. The minimum Gasteiger partial charge on any atom is -0.497 e. The Morgan fingerprint density at radius 1 is 1.60 bits per heavy atom. The van der Waals surface area contributed by atoms with Crippen LogP contribution in [-0.4, -0.2) is 37.3 Å². The molecule has 112 valence electrons. The average molecular weight is 301 g/mol. The zero-order valence-corrected chi connectivity index (χ0v) is 12.3. The van der Waals surface area contributed by atoms with Crippen molar-refractivity contribution >= 4 is 18.3 Å². The van der Waals surface area contributed by atoms with Crippen molar-refractivity contribution in [3.63, 3.8) is 0 Å². The Labute approximate surface area is 125 Å². The molecule has 1 aromatic carbocycles. The number of aliphatic hydroxyl groups is 1. The Hall–Kier alpha value is -1.30. The maximum absolute atomic E-state index is 11.8. The van der Waals surface area contributed by atoms with Gasteiger partial charge in [0.1, 0.15) is 5.75 Å². The smallest absolute Gasteiger partial charge is 0.237 e. The molecule has 20 heavy (non-hydrogen) atoms. The third kappa shape index (κ3) is 4.37. The molecular formula is C14H21ClN2O3. The summed E-state index contributed by atoms with van der Waals surface area (Å²) in [5.74, 6) is 0.653. The lowest BCUT2D eigenvalue weighted by Gasteiger charge is -2.15. The van der Waals surface area contributed by atoms with Gasteiger partial charge in [0.15, 0.2) is 0 Å². The molecular weight excluding hydrogens is 280 g/mol. The van der Waals surface area contributed by atoms with Crippen LogP contribution in [0.3, 0.4) is 0 Å². The Balaban J connectivity index is 0.00000200. The van der Waals surface area contributed by atoms with E-state index in [0.717, 1.165) is 24.9 Å². The molecule has 2 rings (SSSR count). The van der Waals surface area contributed by atoms with E-state index < -0.39 is 6.10 Å². The Morgan fingerprint density at radius 3 is 3.05 bits per heavy atom. The second kappa shape index (κ2) is 8.09. The molecule has 6 heteroatoms. The highest BCUT2D eigenvalue weighted by atomic mass is 35.5. The Kier molecular flexibility index (Phi) is 6.78. The van der Waals surface area contributed by atoms with Gasteiger partial charge in [0.25, 0.3) is 0 Å². The predicted octanol–water partition coefficient (Wildman–Crippen LogP) is 1.02. The van der Waals surface area contributed by atoms with Gasteiger partial charge in [-0.3, -0.25) is 4.79 Å². The molecule has 1 amide bonds. The van der Waals surface area contributed by atoms with E-state index in [1.165, 1.54) is 0 Å². The number of amides is 1. The maximum Gasteiger partial charge on any atom is 0.237 e. The van der Waals surface area contributed by atoms with Crippen LogP contribution in [0.25, 0.3) is 0 Å². The molecule has 0 spiro atoms. The lowest BCUT2D eigenvalue weighted by atomic mass is 10.1. The molecule has 2 atom stereocenters. The van der Waals surface area contributed by atoms with E-state index in [1.54, 1.807) is 13.2 Å². The normalized spacial score (nSPS) is 19.0. The highest BCUT2D eigenvalue weighted by Crippen LogP contribution is 2.18. The molecule has 0 radical (unpaired) electrons. The summed E-state index contributed by atoms with van der Waals surface area (Å²) in [7, 11) is 1.58. The summed E-state index contributed by atoms with van der Waals surface area (Å²) in [5.41, 5.74) is 0.735. The number of carbonyl (C=O) groups is 1. The van der Waals surface area contributed by atoms with E-state index in [1.807, 2.05) is 18.2 Å². The van der Waals surface area contributed by atoms with E-state index >= 15 is 0 Å². The number of benzene rings is 1. The molecule has 1 heterocycles. The van der Waals surface area contributed by atoms with E-state index in [0.29, 0.717) is 5.75 Å². The summed E-state index contributed by atoms with van der Waals surface area (Å²) in [5, 5.41) is 15.9.